The highest BCUT2D eigenvalue weighted by Crippen LogP contribution is 2.39. The predicted molar refractivity (Wildman–Crippen MR) is 81.7 cm³/mol. The fourth-order valence-electron chi connectivity index (χ4n) is 2.78. The van der Waals surface area contributed by atoms with Gasteiger partial charge in [-0.05, 0) is 44.2 Å². The molecule has 1 unspecified atom stereocenters. The molecule has 3 N–H and O–H groups in total. The lowest BCUT2D eigenvalue weighted by Crippen LogP contribution is -2.30. The van der Waals surface area contributed by atoms with E-state index in [9.17, 15) is 0 Å². The maximum Gasteiger partial charge on any atom is 0.144 e. The van der Waals surface area contributed by atoms with E-state index in [0.717, 1.165) is 11.4 Å². The second-order valence-electron chi connectivity index (χ2n) is 6.50. The Labute approximate surface area is 116 Å². The fourth-order valence-corrected chi connectivity index (χ4v) is 2.78. The van der Waals surface area contributed by atoms with Crippen LogP contribution in [0.2, 0.25) is 0 Å². The van der Waals surface area contributed by atoms with Crippen molar-refractivity contribution in [2.75, 3.05) is 11.1 Å². The van der Waals surface area contributed by atoms with Gasteiger partial charge in [-0.2, -0.15) is 0 Å². The standard InChI is InChI=1S/C16H26N2O/c1-11(2)19-14-10-12(7-8-13(14)17)18-15-6-5-9-16(15,3)4/h7-8,10-11,15,18H,5-6,9,17H2,1-4H3. The minimum absolute atomic E-state index is 0.139. The number of nitrogen functional groups attached to an aromatic ring is 1. The van der Waals surface area contributed by atoms with Crippen LogP contribution in [0, 0.1) is 5.41 Å². The number of anilines is 2. The SMILES string of the molecule is CC(C)Oc1cc(NC2CCCC2(C)C)ccc1N. The smallest absolute Gasteiger partial charge is 0.144 e. The summed E-state index contributed by atoms with van der Waals surface area (Å²) in [7, 11) is 0. The quantitative estimate of drug-likeness (QED) is 0.805. The molecule has 1 fully saturated rings. The second-order valence-corrected chi connectivity index (χ2v) is 6.50. The summed E-state index contributed by atoms with van der Waals surface area (Å²) >= 11 is 0. The van der Waals surface area contributed by atoms with E-state index in [1.807, 2.05) is 32.0 Å². The summed E-state index contributed by atoms with van der Waals surface area (Å²) in [5.74, 6) is 0.774. The van der Waals surface area contributed by atoms with Crippen molar-refractivity contribution >= 4 is 11.4 Å². The van der Waals surface area contributed by atoms with Gasteiger partial charge in [0.25, 0.3) is 0 Å². The van der Waals surface area contributed by atoms with Gasteiger partial charge in [-0.15, -0.1) is 0 Å². The molecule has 0 saturated heterocycles. The first kappa shape index (κ1) is 14.0. The summed E-state index contributed by atoms with van der Waals surface area (Å²) in [4.78, 5) is 0. The lowest BCUT2D eigenvalue weighted by atomic mass is 9.87. The third kappa shape index (κ3) is 3.34. The minimum Gasteiger partial charge on any atom is -0.489 e. The number of hydrogen-bond acceptors (Lipinski definition) is 3. The Hall–Kier alpha value is -1.38. The molecule has 1 saturated carbocycles. The van der Waals surface area contributed by atoms with E-state index in [1.54, 1.807) is 0 Å². The van der Waals surface area contributed by atoms with Gasteiger partial charge in [-0.1, -0.05) is 20.3 Å². The molecule has 0 aromatic heterocycles. The second kappa shape index (κ2) is 5.32. The summed E-state index contributed by atoms with van der Waals surface area (Å²) < 4.78 is 5.74. The summed E-state index contributed by atoms with van der Waals surface area (Å²) in [6, 6.07) is 6.51. The van der Waals surface area contributed by atoms with Gasteiger partial charge in [-0.25, -0.2) is 0 Å². The molecule has 1 aliphatic rings. The van der Waals surface area contributed by atoms with Crippen molar-refractivity contribution in [2.45, 2.75) is 59.1 Å². The van der Waals surface area contributed by atoms with Crippen LogP contribution >= 0.6 is 0 Å². The Morgan fingerprint density at radius 2 is 2.11 bits per heavy atom. The molecule has 1 aliphatic carbocycles. The normalized spacial score (nSPS) is 21.6. The number of benzene rings is 1. The van der Waals surface area contributed by atoms with Crippen LogP contribution in [-0.4, -0.2) is 12.1 Å². The first-order valence-electron chi connectivity index (χ1n) is 7.21. The maximum atomic E-state index is 5.95. The molecule has 0 spiro atoms. The third-order valence-corrected chi connectivity index (χ3v) is 3.97. The van der Waals surface area contributed by atoms with Crippen LogP contribution in [0.4, 0.5) is 11.4 Å². The molecule has 1 aromatic rings. The zero-order chi connectivity index (χ0) is 14.0. The summed E-state index contributed by atoms with van der Waals surface area (Å²) in [6.45, 7) is 8.69. The van der Waals surface area contributed by atoms with Gasteiger partial charge in [0.05, 0.1) is 11.8 Å². The molecule has 2 rings (SSSR count). The third-order valence-electron chi connectivity index (χ3n) is 3.97. The van der Waals surface area contributed by atoms with E-state index in [2.05, 4.69) is 19.2 Å². The first-order valence-corrected chi connectivity index (χ1v) is 7.21. The largest absolute Gasteiger partial charge is 0.489 e. The summed E-state index contributed by atoms with van der Waals surface area (Å²) in [6.07, 6.45) is 3.96. The van der Waals surface area contributed by atoms with Gasteiger partial charge in [0.15, 0.2) is 0 Å². The highest BCUT2D eigenvalue weighted by atomic mass is 16.5. The number of hydrogen-bond donors (Lipinski definition) is 2. The van der Waals surface area contributed by atoms with Gasteiger partial charge in [0, 0.05) is 17.8 Å². The van der Waals surface area contributed by atoms with Crippen molar-refractivity contribution in [3.8, 4) is 5.75 Å². The molecule has 0 radical (unpaired) electrons. The first-order chi connectivity index (χ1) is 8.88. The molecule has 19 heavy (non-hydrogen) atoms. The Morgan fingerprint density at radius 1 is 1.37 bits per heavy atom. The lowest BCUT2D eigenvalue weighted by Gasteiger charge is -2.29. The Kier molecular flexibility index (Phi) is 3.93. The predicted octanol–water partition coefficient (Wildman–Crippen LogP) is 4.05. The van der Waals surface area contributed by atoms with Crippen molar-refractivity contribution in [2.24, 2.45) is 5.41 Å². The molecular weight excluding hydrogens is 236 g/mol. The molecule has 0 bridgehead atoms. The molecule has 0 amide bonds. The topological polar surface area (TPSA) is 47.3 Å². The van der Waals surface area contributed by atoms with Crippen molar-refractivity contribution in [1.82, 2.24) is 0 Å². The summed E-state index contributed by atoms with van der Waals surface area (Å²) in [5, 5.41) is 3.64. The van der Waals surface area contributed by atoms with E-state index >= 15 is 0 Å². The van der Waals surface area contributed by atoms with Crippen LogP contribution in [-0.2, 0) is 0 Å². The minimum atomic E-state index is 0.139. The van der Waals surface area contributed by atoms with Crippen molar-refractivity contribution < 1.29 is 4.74 Å². The van der Waals surface area contributed by atoms with Crippen LogP contribution in [0.25, 0.3) is 0 Å². The molecule has 0 heterocycles. The zero-order valence-electron chi connectivity index (χ0n) is 12.5. The zero-order valence-corrected chi connectivity index (χ0v) is 12.5. The van der Waals surface area contributed by atoms with Crippen molar-refractivity contribution in [1.29, 1.82) is 0 Å². The van der Waals surface area contributed by atoms with E-state index in [4.69, 9.17) is 10.5 Å². The molecule has 3 heteroatoms. The Morgan fingerprint density at radius 3 is 2.68 bits per heavy atom. The molecule has 1 aromatic carbocycles. The van der Waals surface area contributed by atoms with E-state index in [0.29, 0.717) is 17.1 Å². The number of nitrogens with two attached hydrogens (primary N) is 1. The molecule has 1 atom stereocenters. The van der Waals surface area contributed by atoms with Crippen LogP contribution < -0.4 is 15.8 Å². The van der Waals surface area contributed by atoms with Gasteiger partial charge in [0.2, 0.25) is 0 Å². The number of ether oxygens (including phenoxy) is 1. The average Bonchev–Trinajstić information content (AvgIpc) is 2.62. The fraction of sp³-hybridized carbons (Fsp3) is 0.625. The van der Waals surface area contributed by atoms with Crippen LogP contribution in [0.5, 0.6) is 5.75 Å². The highest BCUT2D eigenvalue weighted by molar-refractivity contribution is 5.61. The monoisotopic (exact) mass is 262 g/mol. The number of nitrogens with one attached hydrogen (secondary N) is 1. The van der Waals surface area contributed by atoms with Gasteiger partial charge in [0.1, 0.15) is 5.75 Å². The molecule has 3 nitrogen and oxygen atoms in total. The number of rotatable bonds is 4. The van der Waals surface area contributed by atoms with E-state index in [1.165, 1.54) is 19.3 Å². The van der Waals surface area contributed by atoms with Crippen LogP contribution in [0.3, 0.4) is 0 Å². The van der Waals surface area contributed by atoms with Gasteiger partial charge < -0.3 is 15.8 Å². The van der Waals surface area contributed by atoms with Gasteiger partial charge in [-0.3, -0.25) is 0 Å². The molecule has 106 valence electrons. The van der Waals surface area contributed by atoms with E-state index < -0.39 is 0 Å². The summed E-state index contributed by atoms with van der Waals surface area (Å²) in [5.41, 5.74) is 8.11. The molecule has 0 aliphatic heterocycles. The highest BCUT2D eigenvalue weighted by Gasteiger charge is 2.34. The van der Waals surface area contributed by atoms with Crippen molar-refractivity contribution in [3.05, 3.63) is 18.2 Å². The Balaban J connectivity index is 2.13. The molecular formula is C16H26N2O. The van der Waals surface area contributed by atoms with Crippen molar-refractivity contribution in [3.63, 3.8) is 0 Å². The van der Waals surface area contributed by atoms with Crippen LogP contribution in [0.15, 0.2) is 18.2 Å². The van der Waals surface area contributed by atoms with Gasteiger partial charge >= 0.3 is 0 Å². The maximum absolute atomic E-state index is 5.95. The Bertz CT molecular complexity index is 440. The van der Waals surface area contributed by atoms with E-state index in [-0.39, 0.29) is 6.10 Å². The lowest BCUT2D eigenvalue weighted by molar-refractivity contribution is 0.244. The van der Waals surface area contributed by atoms with Crippen LogP contribution in [0.1, 0.15) is 47.0 Å². The average molecular weight is 262 g/mol.